The van der Waals surface area contributed by atoms with Gasteiger partial charge >= 0.3 is 17.1 Å². The summed E-state index contributed by atoms with van der Waals surface area (Å²) in [5, 5.41) is 0. The minimum Gasteiger partial charge on any atom is -0.656 e. The van der Waals surface area contributed by atoms with E-state index in [0.717, 1.165) is 117 Å². The van der Waals surface area contributed by atoms with E-state index in [-0.39, 0.29) is 17.1 Å². The van der Waals surface area contributed by atoms with Crippen LogP contribution in [0.25, 0.3) is 91.9 Å². The quantitative estimate of drug-likeness (QED) is 0.157. The first kappa shape index (κ1) is 37.9. The first-order valence-corrected chi connectivity index (χ1v) is 19.5. The van der Waals surface area contributed by atoms with Gasteiger partial charge in [0.1, 0.15) is 49.6 Å². The van der Waals surface area contributed by atoms with Gasteiger partial charge in [-0.05, 0) is 52.0 Å². The normalized spacial score (nSPS) is 12.2. The summed E-state index contributed by atoms with van der Waals surface area (Å²) in [7, 11) is 8.36. The molecule has 9 rings (SSSR count). The molecule has 13 heteroatoms. The van der Waals surface area contributed by atoms with E-state index in [4.69, 9.17) is 19.9 Å². The van der Waals surface area contributed by atoms with Gasteiger partial charge in [-0.2, -0.15) is 0 Å². The van der Waals surface area contributed by atoms with Crippen molar-refractivity contribution in [2.45, 2.75) is 53.9 Å². The predicted molar refractivity (Wildman–Crippen MR) is 218 cm³/mol. The van der Waals surface area contributed by atoms with E-state index in [2.05, 4.69) is 191 Å². The molecular formula is C44H48MnN12+5. The van der Waals surface area contributed by atoms with Crippen LogP contribution in [-0.4, -0.2) is 28.2 Å². The van der Waals surface area contributed by atoms with Crippen LogP contribution in [0.3, 0.4) is 0 Å². The Morgan fingerprint density at radius 3 is 0.860 bits per heavy atom. The van der Waals surface area contributed by atoms with Crippen LogP contribution < -0.4 is 28.2 Å². The number of imidazole rings is 4. The second kappa shape index (κ2) is 14.8. The Labute approximate surface area is 342 Å². The molecular weight excluding hydrogens is 752 g/mol. The Balaban J connectivity index is 0.00000455. The molecule has 0 N–H and O–H groups in total. The largest absolute Gasteiger partial charge is 3.00 e. The first-order chi connectivity index (χ1) is 27.2. The molecule has 0 aromatic carbocycles. The first-order valence-electron chi connectivity index (χ1n) is 19.5. The van der Waals surface area contributed by atoms with Gasteiger partial charge < -0.3 is 9.97 Å². The van der Waals surface area contributed by atoms with Gasteiger partial charge in [-0.1, -0.05) is 24.3 Å². The van der Waals surface area contributed by atoms with E-state index in [1.165, 1.54) is 0 Å². The minimum absolute atomic E-state index is 0. The average Bonchev–Trinajstić information content (AvgIpc) is 4.06. The van der Waals surface area contributed by atoms with E-state index < -0.39 is 0 Å². The van der Waals surface area contributed by atoms with E-state index in [1.54, 1.807) is 0 Å². The predicted octanol–water partition coefficient (Wildman–Crippen LogP) is 5.16. The molecule has 0 aliphatic carbocycles. The van der Waals surface area contributed by atoms with Gasteiger partial charge in [-0.25, -0.2) is 46.5 Å². The molecule has 0 spiro atoms. The summed E-state index contributed by atoms with van der Waals surface area (Å²) < 4.78 is 17.7. The third-order valence-corrected chi connectivity index (χ3v) is 11.2. The monoisotopic (exact) mass is 799 g/mol. The molecule has 0 fully saturated rings. The Kier molecular flexibility index (Phi) is 9.83. The summed E-state index contributed by atoms with van der Waals surface area (Å²) in [5.41, 5.74) is 10.6. The van der Waals surface area contributed by atoms with Crippen LogP contribution in [0.4, 0.5) is 0 Å². The molecule has 2 aliphatic heterocycles. The summed E-state index contributed by atoms with van der Waals surface area (Å²) >= 11 is 0. The van der Waals surface area contributed by atoms with Crippen molar-refractivity contribution in [1.82, 2.24) is 38.2 Å². The van der Waals surface area contributed by atoms with Crippen LogP contribution >= 0.6 is 0 Å². The fraction of sp³-hybridized carbons (Fsp3) is 0.273. The molecule has 7 aromatic rings. The van der Waals surface area contributed by atoms with Crippen molar-refractivity contribution in [3.8, 4) is 45.6 Å². The maximum Gasteiger partial charge on any atom is 3.00 e. The Hall–Kier alpha value is -6.04. The van der Waals surface area contributed by atoms with Crippen molar-refractivity contribution >= 4 is 46.4 Å². The summed E-state index contributed by atoms with van der Waals surface area (Å²) in [5.74, 6) is 4.13. The van der Waals surface area contributed by atoms with Crippen molar-refractivity contribution in [1.29, 1.82) is 0 Å². The maximum atomic E-state index is 5.50. The zero-order valence-electron chi connectivity index (χ0n) is 33.8. The molecule has 0 saturated carbocycles. The number of hydrogen-bond donors (Lipinski definition) is 0. The van der Waals surface area contributed by atoms with E-state index in [9.17, 15) is 0 Å². The van der Waals surface area contributed by atoms with E-state index in [0.29, 0.717) is 0 Å². The molecule has 8 bridgehead atoms. The SMILES string of the molecule is CCn1cc[n+](C)c1-c1c2nc(c(-c3n(CC)cc[n+]3C)c3ccc([n-]3)c(-c3n(CC)cc[n+]3C)c3nc(c(-c4n(CC)cc[n+]4C)c4ccc1[n-]4)C=C3)C=C2.[Mn+3]. The van der Waals surface area contributed by atoms with Crippen LogP contribution in [0.2, 0.25) is 0 Å². The number of hydrogen-bond acceptors (Lipinski definition) is 2. The molecule has 9 heterocycles. The van der Waals surface area contributed by atoms with Crippen LogP contribution in [-0.2, 0) is 71.4 Å². The van der Waals surface area contributed by atoms with Crippen LogP contribution in [0.5, 0.6) is 0 Å². The van der Waals surface area contributed by atoms with Gasteiger partial charge in [0, 0.05) is 0 Å². The van der Waals surface area contributed by atoms with E-state index >= 15 is 0 Å². The Bertz CT molecular complexity index is 2540. The summed E-state index contributed by atoms with van der Waals surface area (Å²) in [6.07, 6.45) is 25.4. The zero-order chi connectivity index (χ0) is 38.8. The molecule has 286 valence electrons. The van der Waals surface area contributed by atoms with Gasteiger partial charge in [0.05, 0.1) is 99.4 Å². The van der Waals surface area contributed by atoms with Gasteiger partial charge in [0.2, 0.25) is 0 Å². The van der Waals surface area contributed by atoms with Crippen LogP contribution in [0.1, 0.15) is 50.5 Å². The second-order valence-corrected chi connectivity index (χ2v) is 14.4. The van der Waals surface area contributed by atoms with Crippen LogP contribution in [0.15, 0.2) is 73.8 Å². The summed E-state index contributed by atoms with van der Waals surface area (Å²) in [6, 6.07) is 8.54. The van der Waals surface area contributed by atoms with Gasteiger partial charge in [-0.15, -0.1) is 22.1 Å². The molecule has 0 atom stereocenters. The van der Waals surface area contributed by atoms with Crippen molar-refractivity contribution in [2.75, 3.05) is 0 Å². The smallest absolute Gasteiger partial charge is 0.656 e. The third-order valence-electron chi connectivity index (χ3n) is 11.2. The van der Waals surface area contributed by atoms with Crippen molar-refractivity contribution in [2.24, 2.45) is 28.2 Å². The minimum atomic E-state index is 0. The number of rotatable bonds is 8. The van der Waals surface area contributed by atoms with Crippen molar-refractivity contribution in [3.63, 3.8) is 0 Å². The molecule has 2 aliphatic rings. The average molecular weight is 800 g/mol. The number of fused-ring (bicyclic) bond motifs is 8. The summed E-state index contributed by atoms with van der Waals surface area (Å²) in [4.78, 5) is 22.0. The molecule has 0 saturated heterocycles. The third kappa shape index (κ3) is 6.04. The number of aryl methyl sites for hydroxylation is 8. The molecule has 57 heavy (non-hydrogen) atoms. The second-order valence-electron chi connectivity index (χ2n) is 14.4. The fourth-order valence-corrected chi connectivity index (χ4v) is 8.40. The molecule has 0 amide bonds. The van der Waals surface area contributed by atoms with Gasteiger partial charge in [-0.3, -0.25) is 0 Å². The molecule has 0 radical (unpaired) electrons. The topological polar surface area (TPSA) is 89.2 Å². The molecule has 12 nitrogen and oxygen atoms in total. The molecule has 0 unspecified atom stereocenters. The number of aromatic nitrogens is 12. The Morgan fingerprint density at radius 2 is 0.649 bits per heavy atom. The van der Waals surface area contributed by atoms with Gasteiger partial charge in [0.25, 0.3) is 23.3 Å². The van der Waals surface area contributed by atoms with Gasteiger partial charge in [0.15, 0.2) is 0 Å². The molecule has 7 aromatic heterocycles. The Morgan fingerprint density at radius 1 is 0.421 bits per heavy atom. The van der Waals surface area contributed by atoms with Crippen molar-refractivity contribution in [3.05, 3.63) is 96.6 Å². The van der Waals surface area contributed by atoms with E-state index in [1.807, 2.05) is 0 Å². The van der Waals surface area contributed by atoms with Crippen molar-refractivity contribution < 1.29 is 35.3 Å². The summed E-state index contributed by atoms with van der Waals surface area (Å²) in [6.45, 7) is 11.9. The fourth-order valence-electron chi connectivity index (χ4n) is 8.40. The van der Waals surface area contributed by atoms with Crippen LogP contribution in [0, 0.1) is 0 Å². The number of nitrogens with zero attached hydrogens (tertiary/aromatic N) is 12. The maximum absolute atomic E-state index is 5.50. The zero-order valence-corrected chi connectivity index (χ0v) is 35.0. The standard InChI is InChI=1S/C44H48N12.Mn/c1-9-53-25-21-49(5)41(53)37-29-13-15-31(45-29)38(42-50(6)22-26-54(42)10-2)33-17-19-35(47-33)40(44-52(8)24-28-56(44)12-4)36-20-18-34(48-36)39(32-16-14-30(37)46-32)43-51(7)23-27-55(43)11-3;/h13-28H,9-12H2,1-8H3;/q+2;+3.